The van der Waals surface area contributed by atoms with Gasteiger partial charge in [0.2, 0.25) is 0 Å². The molecular weight excluding hydrogens is 415 g/mol. The maximum absolute atomic E-state index is 13.6. The van der Waals surface area contributed by atoms with Crippen LogP contribution in [0.3, 0.4) is 0 Å². The molecule has 2 rings (SSSR count). The first-order valence-electron chi connectivity index (χ1n) is 5.32. The van der Waals surface area contributed by atoms with Gasteiger partial charge in [-0.2, -0.15) is 0 Å². The lowest BCUT2D eigenvalue weighted by molar-refractivity contribution is -0.384. The summed E-state index contributed by atoms with van der Waals surface area (Å²) in [5.74, 6) is -1.68. The highest BCUT2D eigenvalue weighted by Gasteiger charge is 2.18. The lowest BCUT2D eigenvalue weighted by Crippen LogP contribution is -2.15. The van der Waals surface area contributed by atoms with Crippen molar-refractivity contribution >= 4 is 49.3 Å². The van der Waals surface area contributed by atoms with Crippen molar-refractivity contribution in [1.82, 2.24) is 9.97 Å². The summed E-state index contributed by atoms with van der Waals surface area (Å²) in [6.07, 6.45) is 1.34. The van der Waals surface area contributed by atoms with Gasteiger partial charge < -0.3 is 5.32 Å². The molecule has 1 heterocycles. The van der Waals surface area contributed by atoms with Crippen molar-refractivity contribution in [1.29, 1.82) is 0 Å². The van der Waals surface area contributed by atoms with Gasteiger partial charge in [-0.25, -0.2) is 14.4 Å². The third kappa shape index (κ3) is 3.58. The van der Waals surface area contributed by atoms with Crippen LogP contribution in [0.5, 0.6) is 0 Å². The summed E-state index contributed by atoms with van der Waals surface area (Å²) in [5.41, 5.74) is -0.844. The van der Waals surface area contributed by atoms with Gasteiger partial charge in [0.15, 0.2) is 5.82 Å². The SMILES string of the molecule is O=C(Nc1ncc(Br)nc1Br)c1cc([N+](=O)[O-])ccc1F. The van der Waals surface area contributed by atoms with Crippen LogP contribution in [0.2, 0.25) is 0 Å². The number of aromatic nitrogens is 2. The minimum atomic E-state index is -0.876. The number of nitro benzene ring substituents is 1. The number of halogens is 3. The molecule has 0 aliphatic heterocycles. The van der Waals surface area contributed by atoms with Gasteiger partial charge >= 0.3 is 0 Å². The first-order chi connectivity index (χ1) is 9.88. The summed E-state index contributed by atoms with van der Waals surface area (Å²) in [5, 5.41) is 13.0. The van der Waals surface area contributed by atoms with Gasteiger partial charge in [-0.3, -0.25) is 14.9 Å². The Balaban J connectivity index is 2.32. The number of carbonyl (C=O) groups is 1. The monoisotopic (exact) mass is 418 g/mol. The molecule has 0 spiro atoms. The highest BCUT2D eigenvalue weighted by molar-refractivity contribution is 9.11. The van der Waals surface area contributed by atoms with Gasteiger partial charge in [0.1, 0.15) is 15.0 Å². The summed E-state index contributed by atoms with van der Waals surface area (Å²) in [7, 11) is 0. The van der Waals surface area contributed by atoms with Gasteiger partial charge in [-0.05, 0) is 37.9 Å². The first kappa shape index (κ1) is 15.4. The Morgan fingerprint density at radius 2 is 2.10 bits per heavy atom. The van der Waals surface area contributed by atoms with E-state index in [9.17, 15) is 19.3 Å². The fourth-order valence-corrected chi connectivity index (χ4v) is 2.32. The standard InChI is InChI=1S/C11H5Br2FN4O3/c12-8-4-15-10(9(13)16-8)17-11(19)6-3-5(18(20)21)1-2-7(6)14/h1-4H,(H,15,17,19). The smallest absolute Gasteiger partial charge is 0.270 e. The molecule has 0 aliphatic carbocycles. The zero-order valence-electron chi connectivity index (χ0n) is 10.0. The van der Waals surface area contributed by atoms with E-state index < -0.39 is 22.2 Å². The molecule has 0 saturated carbocycles. The molecule has 0 saturated heterocycles. The molecule has 7 nitrogen and oxygen atoms in total. The van der Waals surface area contributed by atoms with Gasteiger partial charge in [0, 0.05) is 12.1 Å². The second-order valence-electron chi connectivity index (χ2n) is 3.71. The summed E-state index contributed by atoms with van der Waals surface area (Å²) < 4.78 is 14.3. The van der Waals surface area contributed by atoms with Gasteiger partial charge in [-0.1, -0.05) is 0 Å². The molecule has 1 aromatic carbocycles. The van der Waals surface area contributed by atoms with Crippen LogP contribution >= 0.6 is 31.9 Å². The first-order valence-corrected chi connectivity index (χ1v) is 6.90. The largest absolute Gasteiger partial charge is 0.304 e. The second-order valence-corrected chi connectivity index (χ2v) is 5.27. The molecule has 108 valence electrons. The molecule has 0 bridgehead atoms. The Morgan fingerprint density at radius 3 is 2.71 bits per heavy atom. The van der Waals surface area contributed by atoms with Crippen LogP contribution in [0.4, 0.5) is 15.9 Å². The van der Waals surface area contributed by atoms with E-state index in [1.54, 1.807) is 0 Å². The Kier molecular flexibility index (Phi) is 4.58. The van der Waals surface area contributed by atoms with Crippen LogP contribution < -0.4 is 5.32 Å². The van der Waals surface area contributed by atoms with Crippen LogP contribution in [-0.4, -0.2) is 20.8 Å². The van der Waals surface area contributed by atoms with E-state index in [4.69, 9.17) is 0 Å². The predicted octanol–water partition coefficient (Wildman–Crippen LogP) is 3.30. The molecule has 1 N–H and O–H groups in total. The molecule has 1 amide bonds. The van der Waals surface area contributed by atoms with E-state index >= 15 is 0 Å². The maximum atomic E-state index is 13.6. The van der Waals surface area contributed by atoms with Crippen LogP contribution in [-0.2, 0) is 0 Å². The lowest BCUT2D eigenvalue weighted by atomic mass is 10.1. The minimum absolute atomic E-state index is 0.0640. The summed E-state index contributed by atoms with van der Waals surface area (Å²) >= 11 is 6.18. The molecule has 0 radical (unpaired) electrons. The molecule has 10 heteroatoms. The van der Waals surface area contributed by atoms with E-state index in [0.717, 1.165) is 18.2 Å². The average molecular weight is 420 g/mol. The summed E-state index contributed by atoms with van der Waals surface area (Å²) in [6.45, 7) is 0. The maximum Gasteiger partial charge on any atom is 0.270 e. The molecular formula is C11H5Br2FN4O3. The van der Waals surface area contributed by atoms with Gasteiger partial charge in [0.05, 0.1) is 16.7 Å². The van der Waals surface area contributed by atoms with Crippen LogP contribution in [0.15, 0.2) is 33.6 Å². The highest BCUT2D eigenvalue weighted by atomic mass is 79.9. The number of benzene rings is 1. The lowest BCUT2D eigenvalue weighted by Gasteiger charge is -2.06. The molecule has 21 heavy (non-hydrogen) atoms. The van der Waals surface area contributed by atoms with Crippen LogP contribution in [0.1, 0.15) is 10.4 Å². The van der Waals surface area contributed by atoms with Gasteiger partial charge in [0.25, 0.3) is 11.6 Å². The van der Waals surface area contributed by atoms with Crippen LogP contribution in [0, 0.1) is 15.9 Å². The molecule has 0 fully saturated rings. The van der Waals surface area contributed by atoms with Crippen molar-refractivity contribution in [2.75, 3.05) is 5.32 Å². The summed E-state index contributed by atoms with van der Waals surface area (Å²) in [4.78, 5) is 29.7. The fraction of sp³-hybridized carbons (Fsp3) is 0. The Bertz CT molecular complexity index is 741. The topological polar surface area (TPSA) is 98.0 Å². The minimum Gasteiger partial charge on any atom is -0.304 e. The molecule has 0 aliphatic rings. The van der Waals surface area contributed by atoms with Crippen molar-refractivity contribution < 1.29 is 14.1 Å². The number of nitrogens with one attached hydrogen (secondary N) is 1. The van der Waals surface area contributed by atoms with Crippen molar-refractivity contribution in [2.24, 2.45) is 0 Å². The van der Waals surface area contributed by atoms with Crippen molar-refractivity contribution in [2.45, 2.75) is 0 Å². The number of hydrogen-bond donors (Lipinski definition) is 1. The third-order valence-electron chi connectivity index (χ3n) is 2.34. The number of nitrogens with zero attached hydrogens (tertiary/aromatic N) is 3. The predicted molar refractivity (Wildman–Crippen MR) is 78.4 cm³/mol. The molecule has 2 aromatic rings. The van der Waals surface area contributed by atoms with Gasteiger partial charge in [-0.15, -0.1) is 0 Å². The summed E-state index contributed by atoms with van der Waals surface area (Å²) in [6, 6.07) is 2.68. The Morgan fingerprint density at radius 1 is 1.38 bits per heavy atom. The number of rotatable bonds is 3. The number of anilines is 1. The van der Waals surface area contributed by atoms with Crippen LogP contribution in [0.25, 0.3) is 0 Å². The normalized spacial score (nSPS) is 10.2. The van der Waals surface area contributed by atoms with E-state index in [2.05, 4.69) is 47.1 Å². The quantitative estimate of drug-likeness (QED) is 0.607. The van der Waals surface area contributed by atoms with E-state index in [1.165, 1.54) is 6.20 Å². The molecule has 0 atom stereocenters. The number of nitro groups is 1. The highest BCUT2D eigenvalue weighted by Crippen LogP contribution is 2.22. The zero-order chi connectivity index (χ0) is 15.6. The number of non-ortho nitro benzene ring substituents is 1. The average Bonchev–Trinajstić information content (AvgIpc) is 2.42. The molecule has 1 aromatic heterocycles. The Labute approximate surface area is 134 Å². The van der Waals surface area contributed by atoms with E-state index in [1.807, 2.05) is 0 Å². The zero-order valence-corrected chi connectivity index (χ0v) is 13.2. The number of amides is 1. The van der Waals surface area contributed by atoms with Crippen molar-refractivity contribution in [3.63, 3.8) is 0 Å². The number of carbonyl (C=O) groups excluding carboxylic acids is 1. The van der Waals surface area contributed by atoms with Crippen molar-refractivity contribution in [3.05, 3.63) is 55.1 Å². The second kappa shape index (κ2) is 6.22. The van der Waals surface area contributed by atoms with E-state index in [0.29, 0.717) is 4.60 Å². The fourth-order valence-electron chi connectivity index (χ4n) is 1.41. The Hall–Kier alpha value is -1.94. The third-order valence-corrected chi connectivity index (χ3v) is 3.27. The number of hydrogen-bond acceptors (Lipinski definition) is 5. The van der Waals surface area contributed by atoms with Crippen molar-refractivity contribution in [3.8, 4) is 0 Å². The van der Waals surface area contributed by atoms with E-state index in [-0.39, 0.29) is 16.1 Å². The molecule has 0 unspecified atom stereocenters.